The molecular formula is C16H19N3. The van der Waals surface area contributed by atoms with E-state index in [4.69, 9.17) is 0 Å². The molecule has 2 aromatic rings. The fourth-order valence-electron chi connectivity index (χ4n) is 2.46. The van der Waals surface area contributed by atoms with E-state index in [1.807, 2.05) is 0 Å². The van der Waals surface area contributed by atoms with Gasteiger partial charge in [-0.15, -0.1) is 0 Å². The Balaban J connectivity index is 1.82. The van der Waals surface area contributed by atoms with Crippen LogP contribution in [0.25, 0.3) is 0 Å². The summed E-state index contributed by atoms with van der Waals surface area (Å²) in [7, 11) is 0. The van der Waals surface area contributed by atoms with E-state index in [1.54, 1.807) is 12.4 Å². The highest BCUT2D eigenvalue weighted by Crippen LogP contribution is 2.32. The van der Waals surface area contributed by atoms with Gasteiger partial charge in [0.25, 0.3) is 0 Å². The van der Waals surface area contributed by atoms with Crippen LogP contribution in [0, 0.1) is 0 Å². The normalized spacial score (nSPS) is 17.9. The summed E-state index contributed by atoms with van der Waals surface area (Å²) in [6.45, 7) is 6.71. The second-order valence-corrected chi connectivity index (χ2v) is 6.12. The number of anilines is 1. The lowest BCUT2D eigenvalue weighted by Crippen LogP contribution is -2.12. The Morgan fingerprint density at radius 3 is 2.37 bits per heavy atom. The molecule has 1 N–H and O–H groups in total. The van der Waals surface area contributed by atoms with Crippen LogP contribution in [0.5, 0.6) is 0 Å². The fourth-order valence-corrected chi connectivity index (χ4v) is 2.46. The number of benzene rings is 1. The second-order valence-electron chi connectivity index (χ2n) is 6.12. The number of hydrogen-bond acceptors (Lipinski definition) is 3. The molecule has 3 heteroatoms. The van der Waals surface area contributed by atoms with Crippen LogP contribution in [-0.4, -0.2) is 9.97 Å². The van der Waals surface area contributed by atoms with Gasteiger partial charge in [0.1, 0.15) is 5.82 Å². The van der Waals surface area contributed by atoms with E-state index >= 15 is 0 Å². The molecule has 2 heterocycles. The van der Waals surface area contributed by atoms with E-state index in [0.717, 1.165) is 17.9 Å². The minimum atomic E-state index is 0.202. The molecule has 3 nitrogen and oxygen atoms in total. The van der Waals surface area contributed by atoms with Crippen LogP contribution in [-0.2, 0) is 11.8 Å². The zero-order chi connectivity index (χ0) is 13.5. The Hall–Kier alpha value is -1.90. The van der Waals surface area contributed by atoms with Gasteiger partial charge >= 0.3 is 0 Å². The van der Waals surface area contributed by atoms with Gasteiger partial charge in [0.2, 0.25) is 0 Å². The van der Waals surface area contributed by atoms with Crippen molar-refractivity contribution in [3.05, 3.63) is 53.5 Å². The molecular weight excluding hydrogens is 234 g/mol. The third-order valence-corrected chi connectivity index (χ3v) is 3.66. The number of aromatic nitrogens is 2. The Morgan fingerprint density at radius 2 is 1.74 bits per heavy atom. The summed E-state index contributed by atoms with van der Waals surface area (Å²) in [6, 6.07) is 9.17. The maximum absolute atomic E-state index is 4.37. The molecule has 1 unspecified atom stereocenters. The van der Waals surface area contributed by atoms with E-state index < -0.39 is 0 Å². The molecule has 1 aromatic carbocycles. The molecule has 0 saturated heterocycles. The quantitative estimate of drug-likeness (QED) is 0.845. The smallest absolute Gasteiger partial charge is 0.148 e. The van der Waals surface area contributed by atoms with E-state index in [0.29, 0.717) is 6.04 Å². The van der Waals surface area contributed by atoms with E-state index in [9.17, 15) is 0 Å². The highest BCUT2D eigenvalue weighted by atomic mass is 15.1. The number of hydrogen-bond donors (Lipinski definition) is 1. The van der Waals surface area contributed by atoms with Crippen LogP contribution >= 0.6 is 0 Å². The first-order chi connectivity index (χ1) is 9.04. The lowest BCUT2D eigenvalue weighted by molar-refractivity contribution is 0.589. The molecule has 0 spiro atoms. The number of nitrogens with zero attached hydrogens (tertiary/aromatic N) is 2. The molecule has 0 aliphatic carbocycles. The molecule has 1 aromatic heterocycles. The first-order valence-electron chi connectivity index (χ1n) is 6.71. The van der Waals surface area contributed by atoms with Gasteiger partial charge in [-0.25, -0.2) is 4.98 Å². The van der Waals surface area contributed by atoms with E-state index in [2.05, 4.69) is 60.3 Å². The summed E-state index contributed by atoms with van der Waals surface area (Å²) in [6.07, 6.45) is 4.40. The van der Waals surface area contributed by atoms with Crippen LogP contribution in [0.4, 0.5) is 5.82 Å². The van der Waals surface area contributed by atoms with Gasteiger partial charge in [-0.3, -0.25) is 4.98 Å². The molecule has 0 amide bonds. The molecule has 0 radical (unpaired) electrons. The Kier molecular flexibility index (Phi) is 2.77. The van der Waals surface area contributed by atoms with Crippen molar-refractivity contribution >= 4 is 5.82 Å². The summed E-state index contributed by atoms with van der Waals surface area (Å²) >= 11 is 0. The predicted molar refractivity (Wildman–Crippen MR) is 77.2 cm³/mol. The second kappa shape index (κ2) is 4.34. The Bertz CT molecular complexity index is 557. The third-order valence-electron chi connectivity index (χ3n) is 3.66. The highest BCUT2D eigenvalue weighted by Gasteiger charge is 2.24. The van der Waals surface area contributed by atoms with Crippen LogP contribution < -0.4 is 5.32 Å². The summed E-state index contributed by atoms with van der Waals surface area (Å²) < 4.78 is 0. The van der Waals surface area contributed by atoms with Crippen LogP contribution in [0.3, 0.4) is 0 Å². The molecule has 1 aliphatic rings. The first-order valence-corrected chi connectivity index (χ1v) is 6.71. The molecule has 3 rings (SSSR count). The monoisotopic (exact) mass is 253 g/mol. The van der Waals surface area contributed by atoms with Crippen LogP contribution in [0.2, 0.25) is 0 Å². The minimum absolute atomic E-state index is 0.202. The van der Waals surface area contributed by atoms with Gasteiger partial charge in [-0.05, 0) is 16.5 Å². The van der Waals surface area contributed by atoms with Crippen molar-refractivity contribution in [2.45, 2.75) is 38.6 Å². The molecule has 98 valence electrons. The number of fused-ring (bicyclic) bond motifs is 1. The standard InChI is InChI=1S/C16H19N3/c1-16(2,3)12-6-4-11(5-7-12)13-10-14-15(19-13)18-9-8-17-14/h4-9,13H,10H2,1-3H3,(H,18,19). The molecule has 1 aliphatic heterocycles. The van der Waals surface area contributed by atoms with Crippen molar-refractivity contribution in [3.63, 3.8) is 0 Å². The van der Waals surface area contributed by atoms with Crippen molar-refractivity contribution in [3.8, 4) is 0 Å². The lowest BCUT2D eigenvalue weighted by atomic mass is 9.86. The van der Waals surface area contributed by atoms with Crippen molar-refractivity contribution in [2.24, 2.45) is 0 Å². The summed E-state index contributed by atoms with van der Waals surface area (Å²) in [5.74, 6) is 0.924. The van der Waals surface area contributed by atoms with Crippen LogP contribution in [0.15, 0.2) is 36.7 Å². The Morgan fingerprint density at radius 1 is 1.05 bits per heavy atom. The third kappa shape index (κ3) is 2.33. The number of rotatable bonds is 1. The molecule has 0 bridgehead atoms. The molecule has 1 atom stereocenters. The van der Waals surface area contributed by atoms with Crippen LogP contribution in [0.1, 0.15) is 43.6 Å². The summed E-state index contributed by atoms with van der Waals surface area (Å²) in [4.78, 5) is 8.69. The zero-order valence-electron chi connectivity index (χ0n) is 11.6. The molecule has 19 heavy (non-hydrogen) atoms. The minimum Gasteiger partial charge on any atom is -0.361 e. The van der Waals surface area contributed by atoms with E-state index in [1.165, 1.54) is 11.1 Å². The topological polar surface area (TPSA) is 37.8 Å². The lowest BCUT2D eigenvalue weighted by Gasteiger charge is -2.20. The first kappa shape index (κ1) is 12.2. The number of nitrogens with one attached hydrogen (secondary N) is 1. The van der Waals surface area contributed by atoms with Crippen molar-refractivity contribution < 1.29 is 0 Å². The summed E-state index contributed by atoms with van der Waals surface area (Å²) in [5.41, 5.74) is 3.93. The maximum atomic E-state index is 4.37. The zero-order valence-corrected chi connectivity index (χ0v) is 11.6. The average molecular weight is 253 g/mol. The molecule has 0 saturated carbocycles. The molecule has 0 fully saturated rings. The fraction of sp³-hybridized carbons (Fsp3) is 0.375. The van der Waals surface area contributed by atoms with Gasteiger partial charge in [0.05, 0.1) is 11.7 Å². The van der Waals surface area contributed by atoms with Gasteiger partial charge in [-0.2, -0.15) is 0 Å². The predicted octanol–water partition coefficient (Wildman–Crippen LogP) is 3.48. The highest BCUT2D eigenvalue weighted by molar-refractivity contribution is 5.49. The van der Waals surface area contributed by atoms with Gasteiger partial charge < -0.3 is 5.32 Å². The van der Waals surface area contributed by atoms with Gasteiger partial charge in [0, 0.05) is 18.8 Å². The van der Waals surface area contributed by atoms with Crippen molar-refractivity contribution in [1.82, 2.24) is 9.97 Å². The SMILES string of the molecule is CC(C)(C)c1ccc(C2Cc3nccnc3N2)cc1. The average Bonchev–Trinajstić information content (AvgIpc) is 2.81. The van der Waals surface area contributed by atoms with Gasteiger partial charge in [0.15, 0.2) is 0 Å². The van der Waals surface area contributed by atoms with Crippen molar-refractivity contribution in [1.29, 1.82) is 0 Å². The van der Waals surface area contributed by atoms with E-state index in [-0.39, 0.29) is 5.41 Å². The summed E-state index contributed by atoms with van der Waals surface area (Å²) in [5, 5.41) is 3.44. The largest absolute Gasteiger partial charge is 0.361 e. The van der Waals surface area contributed by atoms with Gasteiger partial charge in [-0.1, -0.05) is 45.0 Å². The maximum Gasteiger partial charge on any atom is 0.148 e. The van der Waals surface area contributed by atoms with Crippen molar-refractivity contribution in [2.75, 3.05) is 5.32 Å². The Labute approximate surface area is 114 Å².